The van der Waals surface area contributed by atoms with E-state index in [0.29, 0.717) is 36.6 Å². The minimum atomic E-state index is -4.82. The third-order valence-corrected chi connectivity index (χ3v) is 7.58. The zero-order valence-corrected chi connectivity index (χ0v) is 20.7. The average Bonchev–Trinajstić information content (AvgIpc) is 3.06. The molecule has 1 spiro atoms. The highest BCUT2D eigenvalue weighted by molar-refractivity contribution is 7.81. The van der Waals surface area contributed by atoms with Gasteiger partial charge >= 0.3 is 6.18 Å². The van der Waals surface area contributed by atoms with Crippen LogP contribution in [0.3, 0.4) is 0 Å². The van der Waals surface area contributed by atoms with Gasteiger partial charge in [-0.1, -0.05) is 0 Å². The van der Waals surface area contributed by atoms with Crippen LogP contribution in [0, 0.1) is 17.2 Å². The molecule has 2 aromatic rings. The number of aromatic nitrogens is 1. The number of likely N-dealkylation sites (tertiary alicyclic amines) is 1. The molecule has 3 aliphatic rings. The second-order valence-electron chi connectivity index (χ2n) is 9.69. The molecule has 1 aliphatic carbocycles. The second-order valence-corrected chi connectivity index (χ2v) is 10.1. The van der Waals surface area contributed by atoms with Gasteiger partial charge in [0.1, 0.15) is 11.6 Å². The van der Waals surface area contributed by atoms with E-state index in [4.69, 9.17) is 17.5 Å². The first-order valence-corrected chi connectivity index (χ1v) is 12.2. The number of carbonyl (C=O) groups is 2. The maximum absolute atomic E-state index is 13.6. The molecule has 8 nitrogen and oxygen atoms in total. The van der Waals surface area contributed by atoms with Crippen molar-refractivity contribution in [1.29, 1.82) is 5.26 Å². The van der Waals surface area contributed by atoms with E-state index in [-0.39, 0.29) is 16.7 Å². The zero-order chi connectivity index (χ0) is 26.5. The van der Waals surface area contributed by atoms with Crippen molar-refractivity contribution in [2.45, 2.75) is 31.0 Å². The third-order valence-electron chi connectivity index (χ3n) is 7.21. The van der Waals surface area contributed by atoms with E-state index in [1.54, 1.807) is 29.2 Å². The molecule has 0 bridgehead atoms. The number of carbonyl (C=O) groups excluding carboxylic acids is 2. The number of nitriles is 1. The minimum Gasteiger partial charge on any atom is -0.352 e. The van der Waals surface area contributed by atoms with Crippen LogP contribution in [0.15, 0.2) is 36.5 Å². The predicted octanol–water partition coefficient (Wildman–Crippen LogP) is 3.32. The summed E-state index contributed by atoms with van der Waals surface area (Å²) in [6.45, 7) is 2.47. The van der Waals surface area contributed by atoms with Gasteiger partial charge in [0.15, 0.2) is 10.8 Å². The summed E-state index contributed by atoms with van der Waals surface area (Å²) in [5, 5.41) is 12.0. The molecule has 0 unspecified atom stereocenters. The van der Waals surface area contributed by atoms with Crippen LogP contribution >= 0.6 is 12.2 Å². The second kappa shape index (κ2) is 9.08. The number of rotatable bonds is 5. The Labute approximate surface area is 216 Å². The first-order valence-electron chi connectivity index (χ1n) is 11.8. The molecule has 1 N–H and O–H groups in total. The monoisotopic (exact) mass is 528 g/mol. The lowest BCUT2D eigenvalue weighted by atomic mass is 9.75. The van der Waals surface area contributed by atoms with E-state index in [2.05, 4.69) is 15.2 Å². The molecule has 3 fully saturated rings. The van der Waals surface area contributed by atoms with E-state index < -0.39 is 28.9 Å². The van der Waals surface area contributed by atoms with Crippen LogP contribution in [0.4, 0.5) is 24.5 Å². The van der Waals surface area contributed by atoms with Gasteiger partial charge in [0.25, 0.3) is 11.8 Å². The first-order chi connectivity index (χ1) is 17.5. The lowest BCUT2D eigenvalue weighted by Gasteiger charge is -2.43. The summed E-state index contributed by atoms with van der Waals surface area (Å²) >= 11 is 5.61. The van der Waals surface area contributed by atoms with Crippen LogP contribution in [0.2, 0.25) is 0 Å². The van der Waals surface area contributed by atoms with Crippen LogP contribution in [-0.4, -0.2) is 59.0 Å². The maximum atomic E-state index is 13.6. The molecule has 2 amide bonds. The number of nitrogens with one attached hydrogen (secondary N) is 1. The van der Waals surface area contributed by atoms with Gasteiger partial charge in [-0.05, 0) is 68.9 Å². The van der Waals surface area contributed by atoms with Crippen molar-refractivity contribution >= 4 is 40.5 Å². The van der Waals surface area contributed by atoms with Crippen molar-refractivity contribution < 1.29 is 22.8 Å². The number of thiocarbonyl (C=S) groups is 1. The molecule has 1 aromatic heterocycles. The van der Waals surface area contributed by atoms with Crippen molar-refractivity contribution in [3.63, 3.8) is 0 Å². The van der Waals surface area contributed by atoms with Gasteiger partial charge in [-0.3, -0.25) is 14.5 Å². The summed E-state index contributed by atoms with van der Waals surface area (Å²) in [4.78, 5) is 34.7. The van der Waals surface area contributed by atoms with Crippen LogP contribution in [0.1, 0.15) is 40.9 Å². The summed E-state index contributed by atoms with van der Waals surface area (Å²) in [7, 11) is 2.02. The SMILES string of the molecule is CN1CC(CNC(=O)c2ccc(N3C(=S)N(c4cnc(C#N)c(C(F)(F)F)c4)C(=O)C34CCC4)cc2)C1. The Hall–Kier alpha value is -3.56. The van der Waals surface area contributed by atoms with Crippen LogP contribution in [0.25, 0.3) is 0 Å². The fourth-order valence-electron chi connectivity index (χ4n) is 5.15. The zero-order valence-electron chi connectivity index (χ0n) is 19.9. The number of nitrogens with zero attached hydrogens (tertiary/aromatic N) is 5. The summed E-state index contributed by atoms with van der Waals surface area (Å²) in [5.74, 6) is -0.208. The van der Waals surface area contributed by atoms with Gasteiger partial charge in [0.05, 0.1) is 17.4 Å². The molecule has 2 aliphatic heterocycles. The molecule has 1 aromatic carbocycles. The van der Waals surface area contributed by atoms with E-state index >= 15 is 0 Å². The summed E-state index contributed by atoms with van der Waals surface area (Å²) in [5.41, 5.74) is -2.14. The predicted molar refractivity (Wildman–Crippen MR) is 133 cm³/mol. The topological polar surface area (TPSA) is 92.6 Å². The number of alkyl halides is 3. The van der Waals surface area contributed by atoms with E-state index in [1.807, 2.05) is 7.05 Å². The molecule has 5 rings (SSSR count). The largest absolute Gasteiger partial charge is 0.419 e. The van der Waals surface area contributed by atoms with Crippen molar-refractivity contribution in [3.8, 4) is 6.07 Å². The van der Waals surface area contributed by atoms with Crippen molar-refractivity contribution in [1.82, 2.24) is 15.2 Å². The van der Waals surface area contributed by atoms with Crippen molar-refractivity contribution in [2.75, 3.05) is 36.5 Å². The first kappa shape index (κ1) is 25.1. The number of halogens is 3. The molecule has 1 saturated carbocycles. The fourth-order valence-corrected chi connectivity index (χ4v) is 5.62. The Balaban J connectivity index is 1.41. The lowest BCUT2D eigenvalue weighted by Crippen LogP contribution is -2.55. The molecule has 0 radical (unpaired) electrons. The minimum absolute atomic E-state index is 0.0237. The quantitative estimate of drug-likeness (QED) is 0.596. The highest BCUT2D eigenvalue weighted by atomic mass is 32.1. The van der Waals surface area contributed by atoms with Crippen LogP contribution in [-0.2, 0) is 11.0 Å². The van der Waals surface area contributed by atoms with Crippen molar-refractivity contribution in [2.24, 2.45) is 5.92 Å². The van der Waals surface area contributed by atoms with Gasteiger partial charge in [-0.15, -0.1) is 0 Å². The van der Waals surface area contributed by atoms with E-state index in [1.165, 1.54) is 6.07 Å². The van der Waals surface area contributed by atoms with Gasteiger partial charge in [0, 0.05) is 36.8 Å². The van der Waals surface area contributed by atoms with Crippen LogP contribution in [0.5, 0.6) is 0 Å². The molecule has 2 saturated heterocycles. The Kier molecular flexibility index (Phi) is 6.16. The smallest absolute Gasteiger partial charge is 0.352 e. The number of hydrogen-bond acceptors (Lipinski definition) is 6. The Morgan fingerprint density at radius 2 is 1.92 bits per heavy atom. The standard InChI is InChI=1S/C25H23F3N6O2S/c1-32-13-15(14-32)11-31-21(35)16-3-5-17(6-4-16)34-23(37)33(22(36)24(34)7-2-8-24)18-9-19(25(26,27)28)20(10-29)30-12-18/h3-6,9,12,15H,2,7-8,11,13-14H2,1H3,(H,31,35). The number of pyridine rings is 1. The van der Waals surface area contributed by atoms with Gasteiger partial charge in [0.2, 0.25) is 0 Å². The van der Waals surface area contributed by atoms with Crippen molar-refractivity contribution in [3.05, 3.63) is 53.3 Å². The molecular formula is C25H23F3N6O2S. The molecule has 192 valence electrons. The fraction of sp³-hybridized carbons (Fsp3) is 0.400. The van der Waals surface area contributed by atoms with Gasteiger partial charge in [-0.25, -0.2) is 4.98 Å². The molecule has 0 atom stereocenters. The molecular weight excluding hydrogens is 505 g/mol. The summed E-state index contributed by atoms with van der Waals surface area (Å²) in [6, 6.07) is 8.84. The molecule has 3 heterocycles. The average molecular weight is 529 g/mol. The Morgan fingerprint density at radius 3 is 2.46 bits per heavy atom. The molecule has 37 heavy (non-hydrogen) atoms. The van der Waals surface area contributed by atoms with Crippen LogP contribution < -0.4 is 15.1 Å². The molecule has 12 heteroatoms. The highest BCUT2D eigenvalue weighted by Gasteiger charge is 2.59. The number of hydrogen-bond donors (Lipinski definition) is 1. The maximum Gasteiger partial charge on any atom is 0.419 e. The number of benzene rings is 1. The van der Waals surface area contributed by atoms with E-state index in [0.717, 1.165) is 36.7 Å². The Morgan fingerprint density at radius 1 is 1.24 bits per heavy atom. The summed E-state index contributed by atoms with van der Waals surface area (Å²) in [6.07, 6.45) is -2.04. The summed E-state index contributed by atoms with van der Waals surface area (Å²) < 4.78 is 40.6. The Bertz CT molecular complexity index is 1310. The number of amides is 2. The van der Waals surface area contributed by atoms with E-state index in [9.17, 15) is 22.8 Å². The third kappa shape index (κ3) is 4.22. The lowest BCUT2D eigenvalue weighted by molar-refractivity contribution is -0.138. The normalized spacial score (nSPS) is 19.5. The van der Waals surface area contributed by atoms with Gasteiger partial charge in [-0.2, -0.15) is 18.4 Å². The number of anilines is 2. The van der Waals surface area contributed by atoms with Gasteiger partial charge < -0.3 is 15.1 Å². The highest BCUT2D eigenvalue weighted by Crippen LogP contribution is 2.48.